The van der Waals surface area contributed by atoms with Crippen LogP contribution in [0, 0.1) is 17.8 Å². The largest absolute Gasteiger partial charge is 0.397 e. The van der Waals surface area contributed by atoms with Gasteiger partial charge in [0.25, 0.3) is 5.91 Å². The molecule has 2 bridgehead atoms. The van der Waals surface area contributed by atoms with Gasteiger partial charge in [0.1, 0.15) is 0 Å². The Morgan fingerprint density at radius 3 is 2.76 bits per heavy atom. The topological polar surface area (TPSA) is 58.4 Å². The maximum atomic E-state index is 12.0. The Balaban J connectivity index is 1.67. The van der Waals surface area contributed by atoms with Crippen LogP contribution in [0.25, 0.3) is 0 Å². The van der Waals surface area contributed by atoms with Crippen molar-refractivity contribution in [3.05, 3.63) is 23.8 Å². The Morgan fingerprint density at radius 1 is 1.33 bits per heavy atom. The van der Waals surface area contributed by atoms with Crippen molar-refractivity contribution in [2.75, 3.05) is 31.7 Å². The Kier molecular flexibility index (Phi) is 3.79. The van der Waals surface area contributed by atoms with Crippen molar-refractivity contribution < 1.29 is 4.79 Å². The average Bonchev–Trinajstić information content (AvgIpc) is 3.08. The summed E-state index contributed by atoms with van der Waals surface area (Å²) in [5.74, 6) is 2.64. The molecule has 1 aromatic rings. The van der Waals surface area contributed by atoms with Gasteiger partial charge in [-0.2, -0.15) is 0 Å². The van der Waals surface area contributed by atoms with Crippen molar-refractivity contribution in [2.45, 2.75) is 25.7 Å². The van der Waals surface area contributed by atoms with Gasteiger partial charge in [-0.1, -0.05) is 6.42 Å². The molecule has 1 aromatic carbocycles. The summed E-state index contributed by atoms with van der Waals surface area (Å²) in [6.45, 7) is 0.977. The van der Waals surface area contributed by atoms with Gasteiger partial charge in [-0.15, -0.1) is 0 Å². The third kappa shape index (κ3) is 2.85. The third-order valence-corrected chi connectivity index (χ3v) is 5.15. The summed E-state index contributed by atoms with van der Waals surface area (Å²) in [6, 6.07) is 5.49. The number of nitrogens with zero attached hydrogens (tertiary/aromatic N) is 1. The van der Waals surface area contributed by atoms with E-state index in [-0.39, 0.29) is 5.91 Å². The van der Waals surface area contributed by atoms with Gasteiger partial charge in [0, 0.05) is 26.2 Å². The lowest BCUT2D eigenvalue weighted by molar-refractivity contribution is 0.0827. The molecule has 3 rings (SSSR count). The molecule has 1 amide bonds. The van der Waals surface area contributed by atoms with Crippen LogP contribution in [0.5, 0.6) is 0 Å². The number of nitrogens with two attached hydrogens (primary N) is 1. The van der Waals surface area contributed by atoms with Crippen molar-refractivity contribution in [1.29, 1.82) is 0 Å². The van der Waals surface area contributed by atoms with Crippen LogP contribution in [0.4, 0.5) is 11.4 Å². The summed E-state index contributed by atoms with van der Waals surface area (Å²) in [4.78, 5) is 13.6. The average molecular weight is 287 g/mol. The van der Waals surface area contributed by atoms with Crippen LogP contribution in [0.3, 0.4) is 0 Å². The lowest BCUT2D eigenvalue weighted by atomic mass is 9.89. The van der Waals surface area contributed by atoms with E-state index in [1.165, 1.54) is 25.7 Å². The first-order valence-electron chi connectivity index (χ1n) is 7.89. The van der Waals surface area contributed by atoms with E-state index in [2.05, 4.69) is 5.32 Å². The number of nitrogens with one attached hydrogen (secondary N) is 1. The molecule has 0 radical (unpaired) electrons. The molecular weight excluding hydrogens is 262 g/mol. The predicted molar refractivity (Wildman–Crippen MR) is 86.3 cm³/mol. The minimum absolute atomic E-state index is 0.0120. The van der Waals surface area contributed by atoms with E-state index in [1.807, 2.05) is 12.1 Å². The normalized spacial score (nSPS) is 26.9. The van der Waals surface area contributed by atoms with Gasteiger partial charge in [-0.3, -0.25) is 4.79 Å². The van der Waals surface area contributed by atoms with Crippen molar-refractivity contribution in [2.24, 2.45) is 17.8 Å². The fourth-order valence-corrected chi connectivity index (χ4v) is 3.97. The van der Waals surface area contributed by atoms with Crippen LogP contribution >= 0.6 is 0 Å². The second-order valence-electron chi connectivity index (χ2n) is 6.82. The SMILES string of the molecule is CN(C)C(=O)c1ccc(N)c(NCC2CC3CCC2C3)c1. The first-order valence-corrected chi connectivity index (χ1v) is 7.89. The standard InChI is InChI=1S/C17H25N3O/c1-20(2)17(21)13-5-6-15(18)16(9-13)19-10-14-8-11-3-4-12(14)7-11/h5-6,9,11-12,14,19H,3-4,7-8,10,18H2,1-2H3. The lowest BCUT2D eigenvalue weighted by Gasteiger charge is -2.23. The number of anilines is 2. The summed E-state index contributed by atoms with van der Waals surface area (Å²) in [5, 5.41) is 3.48. The molecule has 2 aliphatic carbocycles. The molecule has 0 saturated heterocycles. The van der Waals surface area contributed by atoms with Crippen molar-refractivity contribution >= 4 is 17.3 Å². The highest BCUT2D eigenvalue weighted by atomic mass is 16.2. The van der Waals surface area contributed by atoms with Crippen molar-refractivity contribution in [3.63, 3.8) is 0 Å². The molecule has 3 unspecified atom stereocenters. The van der Waals surface area contributed by atoms with Crippen LogP contribution in [-0.2, 0) is 0 Å². The molecule has 0 heterocycles. The maximum absolute atomic E-state index is 12.0. The minimum Gasteiger partial charge on any atom is -0.397 e. The summed E-state index contributed by atoms with van der Waals surface area (Å²) < 4.78 is 0. The number of benzene rings is 1. The van der Waals surface area contributed by atoms with E-state index < -0.39 is 0 Å². The molecule has 114 valence electrons. The number of hydrogen-bond donors (Lipinski definition) is 2. The zero-order valence-corrected chi connectivity index (χ0v) is 12.9. The molecule has 3 atom stereocenters. The van der Waals surface area contributed by atoms with Gasteiger partial charge < -0.3 is 16.0 Å². The van der Waals surface area contributed by atoms with Gasteiger partial charge in [0.15, 0.2) is 0 Å². The number of rotatable bonds is 4. The van der Waals surface area contributed by atoms with Crippen molar-refractivity contribution in [3.8, 4) is 0 Å². The lowest BCUT2D eigenvalue weighted by Crippen LogP contribution is -2.23. The van der Waals surface area contributed by atoms with Crippen LogP contribution in [0.15, 0.2) is 18.2 Å². The monoisotopic (exact) mass is 287 g/mol. The highest BCUT2D eigenvalue weighted by molar-refractivity contribution is 5.95. The number of nitrogen functional groups attached to an aromatic ring is 1. The Bertz CT molecular complexity index is 541. The molecule has 0 aliphatic heterocycles. The summed E-state index contributed by atoms with van der Waals surface area (Å²) in [7, 11) is 3.53. The highest BCUT2D eigenvalue weighted by Crippen LogP contribution is 2.48. The fourth-order valence-electron chi connectivity index (χ4n) is 3.97. The number of amides is 1. The summed E-state index contributed by atoms with van der Waals surface area (Å²) >= 11 is 0. The fraction of sp³-hybridized carbons (Fsp3) is 0.588. The molecule has 0 spiro atoms. The highest BCUT2D eigenvalue weighted by Gasteiger charge is 2.39. The number of hydrogen-bond acceptors (Lipinski definition) is 3. The van der Waals surface area contributed by atoms with Gasteiger partial charge >= 0.3 is 0 Å². The van der Waals surface area contributed by atoms with Crippen LogP contribution in [0.2, 0.25) is 0 Å². The zero-order valence-electron chi connectivity index (χ0n) is 12.9. The molecular formula is C17H25N3O. The van der Waals surface area contributed by atoms with Crippen molar-refractivity contribution in [1.82, 2.24) is 4.90 Å². The van der Waals surface area contributed by atoms with E-state index in [4.69, 9.17) is 5.73 Å². The molecule has 2 fully saturated rings. The number of fused-ring (bicyclic) bond motifs is 2. The zero-order chi connectivity index (χ0) is 15.0. The molecule has 21 heavy (non-hydrogen) atoms. The van der Waals surface area contributed by atoms with Crippen LogP contribution in [-0.4, -0.2) is 31.4 Å². The third-order valence-electron chi connectivity index (χ3n) is 5.15. The van der Waals surface area contributed by atoms with E-state index in [1.54, 1.807) is 25.1 Å². The molecule has 0 aromatic heterocycles. The van der Waals surface area contributed by atoms with E-state index >= 15 is 0 Å². The number of carbonyl (C=O) groups excluding carboxylic acids is 1. The van der Waals surface area contributed by atoms with Gasteiger partial charge in [0.2, 0.25) is 0 Å². The van der Waals surface area contributed by atoms with Gasteiger partial charge in [0.05, 0.1) is 11.4 Å². The summed E-state index contributed by atoms with van der Waals surface area (Å²) in [6.07, 6.45) is 5.59. The van der Waals surface area contributed by atoms with E-state index in [0.29, 0.717) is 11.3 Å². The molecule has 3 N–H and O–H groups in total. The second kappa shape index (κ2) is 5.58. The smallest absolute Gasteiger partial charge is 0.253 e. The molecule has 2 aliphatic rings. The van der Waals surface area contributed by atoms with Crippen LogP contribution < -0.4 is 11.1 Å². The maximum Gasteiger partial charge on any atom is 0.253 e. The van der Waals surface area contributed by atoms with Crippen LogP contribution in [0.1, 0.15) is 36.0 Å². The van der Waals surface area contributed by atoms with Gasteiger partial charge in [-0.05, 0) is 55.2 Å². The number of carbonyl (C=O) groups is 1. The van der Waals surface area contributed by atoms with E-state index in [9.17, 15) is 4.79 Å². The molecule has 4 nitrogen and oxygen atoms in total. The summed E-state index contributed by atoms with van der Waals surface area (Å²) in [5.41, 5.74) is 8.33. The Hall–Kier alpha value is -1.71. The molecule has 2 saturated carbocycles. The second-order valence-corrected chi connectivity index (χ2v) is 6.82. The quantitative estimate of drug-likeness (QED) is 0.837. The Morgan fingerprint density at radius 2 is 2.14 bits per heavy atom. The predicted octanol–water partition coefficient (Wildman–Crippen LogP) is 2.82. The minimum atomic E-state index is 0.0120. The van der Waals surface area contributed by atoms with Gasteiger partial charge in [-0.25, -0.2) is 0 Å². The first kappa shape index (κ1) is 14.2. The molecule has 4 heteroatoms. The van der Waals surface area contributed by atoms with E-state index in [0.717, 1.165) is 30.0 Å². The first-order chi connectivity index (χ1) is 10.0. The Labute approximate surface area is 126 Å².